The highest BCUT2D eigenvalue weighted by Gasteiger charge is 2.26. The Morgan fingerprint density at radius 2 is 2.19 bits per heavy atom. The number of aromatic nitrogens is 3. The number of ether oxygens (including phenoxy) is 3. The summed E-state index contributed by atoms with van der Waals surface area (Å²) in [5.74, 6) is 1.86. The molecule has 27 heavy (non-hydrogen) atoms. The molecule has 1 N–H and O–H groups in total. The Morgan fingerprint density at radius 1 is 1.33 bits per heavy atom. The number of aryl methyl sites for hydroxylation is 1. The summed E-state index contributed by atoms with van der Waals surface area (Å²) >= 11 is 0. The van der Waals surface area contributed by atoms with Crippen molar-refractivity contribution in [3.8, 4) is 11.8 Å². The van der Waals surface area contributed by atoms with Gasteiger partial charge >= 0.3 is 6.03 Å². The molecule has 2 aromatic rings. The van der Waals surface area contributed by atoms with Gasteiger partial charge in [0.1, 0.15) is 5.69 Å². The van der Waals surface area contributed by atoms with Gasteiger partial charge < -0.3 is 29.0 Å². The van der Waals surface area contributed by atoms with Gasteiger partial charge in [-0.1, -0.05) is 12.1 Å². The molecular formula is C17H23N5O5. The van der Waals surface area contributed by atoms with Crippen LogP contribution in [0, 0.1) is 0 Å². The minimum absolute atomic E-state index is 0.192. The summed E-state index contributed by atoms with van der Waals surface area (Å²) in [4.78, 5) is 22.8. The van der Waals surface area contributed by atoms with E-state index in [1.54, 1.807) is 17.0 Å². The minimum atomic E-state index is -0.254. The van der Waals surface area contributed by atoms with Crippen LogP contribution in [-0.2, 0) is 17.6 Å². The molecule has 146 valence electrons. The van der Waals surface area contributed by atoms with E-state index in [1.165, 1.54) is 14.2 Å². The van der Waals surface area contributed by atoms with E-state index in [4.69, 9.17) is 18.7 Å². The Labute approximate surface area is 156 Å². The van der Waals surface area contributed by atoms with Crippen molar-refractivity contribution in [3.63, 3.8) is 0 Å². The fourth-order valence-corrected chi connectivity index (χ4v) is 2.73. The van der Waals surface area contributed by atoms with Gasteiger partial charge in [0.05, 0.1) is 26.9 Å². The first-order chi connectivity index (χ1) is 13.1. The second kappa shape index (κ2) is 8.67. The number of rotatable bonds is 6. The highest BCUT2D eigenvalue weighted by Crippen LogP contribution is 2.25. The number of methoxy groups -OCH3 is 2. The standard InChI is InChI=1S/C17H23N5O5/c1-4-14-19-13(21-27-14)9-11-10-22(7-8-26-11)17(23)18-12-5-6-15(24-2)20-16(12)25-3/h5-6,11H,4,7-10H2,1-3H3,(H,18,23)/t11-/m1/s1. The number of anilines is 1. The molecule has 2 aromatic heterocycles. The van der Waals surface area contributed by atoms with E-state index in [2.05, 4.69) is 20.4 Å². The maximum Gasteiger partial charge on any atom is 0.322 e. The highest BCUT2D eigenvalue weighted by atomic mass is 16.5. The number of hydrogen-bond donors (Lipinski definition) is 1. The quantitative estimate of drug-likeness (QED) is 0.806. The van der Waals surface area contributed by atoms with E-state index < -0.39 is 0 Å². The molecule has 3 rings (SSSR count). The molecular weight excluding hydrogens is 354 g/mol. The SMILES string of the molecule is CCc1nc(C[C@@H]2CN(C(=O)Nc3ccc(OC)nc3OC)CCO2)no1. The van der Waals surface area contributed by atoms with Crippen LogP contribution in [0.3, 0.4) is 0 Å². The molecule has 0 aliphatic carbocycles. The van der Waals surface area contributed by atoms with Crippen LogP contribution in [0.25, 0.3) is 0 Å². The Bertz CT molecular complexity index is 781. The minimum Gasteiger partial charge on any atom is -0.481 e. The lowest BCUT2D eigenvalue weighted by molar-refractivity contribution is -0.0125. The van der Waals surface area contributed by atoms with Crippen molar-refractivity contribution in [2.75, 3.05) is 39.2 Å². The van der Waals surface area contributed by atoms with Crippen molar-refractivity contribution in [3.05, 3.63) is 23.8 Å². The van der Waals surface area contributed by atoms with Crippen LogP contribution in [-0.4, -0.2) is 66.1 Å². The zero-order valence-corrected chi connectivity index (χ0v) is 15.6. The van der Waals surface area contributed by atoms with Crippen LogP contribution >= 0.6 is 0 Å². The molecule has 10 heteroatoms. The normalized spacial score (nSPS) is 16.9. The number of pyridine rings is 1. The number of hydrogen-bond acceptors (Lipinski definition) is 8. The maximum atomic E-state index is 12.6. The lowest BCUT2D eigenvalue weighted by Crippen LogP contribution is -2.48. The summed E-state index contributed by atoms with van der Waals surface area (Å²) in [7, 11) is 3.00. The van der Waals surface area contributed by atoms with Crippen molar-refractivity contribution < 1.29 is 23.5 Å². The molecule has 10 nitrogen and oxygen atoms in total. The van der Waals surface area contributed by atoms with E-state index in [0.717, 1.165) is 0 Å². The van der Waals surface area contributed by atoms with E-state index >= 15 is 0 Å². The third kappa shape index (κ3) is 4.64. The van der Waals surface area contributed by atoms with E-state index in [1.807, 2.05) is 6.92 Å². The second-order valence-electron chi connectivity index (χ2n) is 5.94. The summed E-state index contributed by atoms with van der Waals surface area (Å²) in [5, 5.41) is 6.75. The van der Waals surface area contributed by atoms with Gasteiger partial charge in [-0.2, -0.15) is 9.97 Å². The molecule has 0 aromatic carbocycles. The van der Waals surface area contributed by atoms with Gasteiger partial charge in [0.15, 0.2) is 5.82 Å². The molecule has 0 radical (unpaired) electrons. The highest BCUT2D eigenvalue weighted by molar-refractivity contribution is 5.90. The summed E-state index contributed by atoms with van der Waals surface area (Å²) in [5.41, 5.74) is 0.470. The number of carbonyl (C=O) groups is 1. The average molecular weight is 377 g/mol. The van der Waals surface area contributed by atoms with Gasteiger partial charge in [0, 0.05) is 32.0 Å². The summed E-state index contributed by atoms with van der Waals surface area (Å²) < 4.78 is 21.1. The van der Waals surface area contributed by atoms with Crippen LogP contribution in [0.15, 0.2) is 16.7 Å². The molecule has 0 bridgehead atoms. The van der Waals surface area contributed by atoms with Crippen molar-refractivity contribution in [2.24, 2.45) is 0 Å². The summed E-state index contributed by atoms with van der Waals surface area (Å²) in [6.45, 7) is 3.30. The first-order valence-corrected chi connectivity index (χ1v) is 8.71. The maximum absolute atomic E-state index is 12.6. The van der Waals surface area contributed by atoms with Crippen molar-refractivity contribution in [2.45, 2.75) is 25.9 Å². The number of nitrogens with one attached hydrogen (secondary N) is 1. The lowest BCUT2D eigenvalue weighted by Gasteiger charge is -2.32. The predicted molar refractivity (Wildman–Crippen MR) is 95.1 cm³/mol. The van der Waals surface area contributed by atoms with Gasteiger partial charge in [-0.05, 0) is 6.07 Å². The first-order valence-electron chi connectivity index (χ1n) is 8.71. The van der Waals surface area contributed by atoms with Gasteiger partial charge in [-0.3, -0.25) is 0 Å². The molecule has 0 unspecified atom stereocenters. The molecule has 1 saturated heterocycles. The summed E-state index contributed by atoms with van der Waals surface area (Å²) in [6.07, 6.45) is 0.980. The van der Waals surface area contributed by atoms with Crippen LogP contribution in [0.1, 0.15) is 18.6 Å². The Kier molecular flexibility index (Phi) is 6.07. The van der Waals surface area contributed by atoms with Gasteiger partial charge in [0.2, 0.25) is 17.7 Å². The van der Waals surface area contributed by atoms with E-state index in [0.29, 0.717) is 55.8 Å². The van der Waals surface area contributed by atoms with Crippen LogP contribution in [0.2, 0.25) is 0 Å². The fraction of sp³-hybridized carbons (Fsp3) is 0.529. The van der Waals surface area contributed by atoms with Gasteiger partial charge in [0.25, 0.3) is 0 Å². The smallest absolute Gasteiger partial charge is 0.322 e. The van der Waals surface area contributed by atoms with Crippen molar-refractivity contribution in [1.29, 1.82) is 0 Å². The lowest BCUT2D eigenvalue weighted by atomic mass is 10.2. The zero-order valence-electron chi connectivity index (χ0n) is 15.6. The number of amides is 2. The third-order valence-electron chi connectivity index (χ3n) is 4.13. The third-order valence-corrected chi connectivity index (χ3v) is 4.13. The van der Waals surface area contributed by atoms with Crippen LogP contribution < -0.4 is 14.8 Å². The predicted octanol–water partition coefficient (Wildman–Crippen LogP) is 1.52. The fourth-order valence-electron chi connectivity index (χ4n) is 2.73. The number of urea groups is 1. The summed E-state index contributed by atoms with van der Waals surface area (Å²) in [6, 6.07) is 3.09. The average Bonchev–Trinajstić information content (AvgIpc) is 3.16. The Hall–Kier alpha value is -2.88. The molecule has 2 amide bonds. The number of morpholine rings is 1. The van der Waals surface area contributed by atoms with Crippen molar-refractivity contribution >= 4 is 11.7 Å². The zero-order chi connectivity index (χ0) is 19.2. The topological polar surface area (TPSA) is 112 Å². The number of carbonyl (C=O) groups excluding carboxylic acids is 1. The van der Waals surface area contributed by atoms with Gasteiger partial charge in [-0.15, -0.1) is 0 Å². The molecule has 1 aliphatic rings. The van der Waals surface area contributed by atoms with Gasteiger partial charge in [-0.25, -0.2) is 4.79 Å². The van der Waals surface area contributed by atoms with Crippen LogP contribution in [0.5, 0.6) is 11.8 Å². The Balaban J connectivity index is 1.61. The van der Waals surface area contributed by atoms with Crippen molar-refractivity contribution in [1.82, 2.24) is 20.0 Å². The second-order valence-corrected chi connectivity index (χ2v) is 5.94. The molecule has 1 atom stereocenters. The molecule has 0 spiro atoms. The number of nitrogens with zero attached hydrogens (tertiary/aromatic N) is 4. The first kappa shape index (κ1) is 18.9. The van der Waals surface area contributed by atoms with E-state index in [9.17, 15) is 4.79 Å². The molecule has 3 heterocycles. The van der Waals surface area contributed by atoms with Crippen LogP contribution in [0.4, 0.5) is 10.5 Å². The monoisotopic (exact) mass is 377 g/mol. The Morgan fingerprint density at radius 3 is 2.89 bits per heavy atom. The molecule has 1 aliphatic heterocycles. The molecule has 1 fully saturated rings. The largest absolute Gasteiger partial charge is 0.481 e. The van der Waals surface area contributed by atoms with E-state index in [-0.39, 0.29) is 18.0 Å². The molecule has 0 saturated carbocycles.